The van der Waals surface area contributed by atoms with Crippen molar-refractivity contribution in [3.05, 3.63) is 12.4 Å². The Balaban J connectivity index is 2.39. The summed E-state index contributed by atoms with van der Waals surface area (Å²) in [4.78, 5) is 0. The summed E-state index contributed by atoms with van der Waals surface area (Å²) in [6.45, 7) is 9.73. The minimum Gasteiger partial charge on any atom is -0.397 e. The minimum absolute atomic E-state index is 1.04. The van der Waals surface area contributed by atoms with E-state index in [9.17, 15) is 0 Å². The SMILES string of the molecule is CC[Si]1(CC)CN(c2cnn(C)c2)[Si](CC)(CC)C1. The van der Waals surface area contributed by atoms with Crippen molar-refractivity contribution in [3.63, 3.8) is 0 Å². The van der Waals surface area contributed by atoms with Crippen LogP contribution in [0, 0.1) is 0 Å². The lowest BCUT2D eigenvalue weighted by molar-refractivity contribution is 0.767. The van der Waals surface area contributed by atoms with Gasteiger partial charge < -0.3 is 4.57 Å². The fraction of sp³-hybridized carbons (Fsp3) is 0.786. The van der Waals surface area contributed by atoms with Crippen LogP contribution < -0.4 is 4.57 Å². The van der Waals surface area contributed by atoms with Gasteiger partial charge in [0.1, 0.15) is 0 Å². The van der Waals surface area contributed by atoms with E-state index in [4.69, 9.17) is 0 Å². The van der Waals surface area contributed by atoms with Crippen molar-refractivity contribution in [1.82, 2.24) is 9.78 Å². The van der Waals surface area contributed by atoms with Crippen LogP contribution in [0.1, 0.15) is 27.7 Å². The molecule has 0 amide bonds. The Hall–Kier alpha value is -0.556. The predicted octanol–water partition coefficient (Wildman–Crippen LogP) is 3.79. The second-order valence-electron chi connectivity index (χ2n) is 6.27. The summed E-state index contributed by atoms with van der Waals surface area (Å²) in [6.07, 6.45) is 5.70. The first-order valence-electron chi connectivity index (χ1n) is 7.81. The molecule has 1 aromatic heterocycles. The van der Waals surface area contributed by atoms with E-state index in [0.29, 0.717) is 0 Å². The molecule has 0 N–H and O–H groups in total. The molecule has 0 unspecified atom stereocenters. The van der Waals surface area contributed by atoms with Crippen LogP contribution in [-0.2, 0) is 7.05 Å². The van der Waals surface area contributed by atoms with E-state index in [-0.39, 0.29) is 0 Å². The van der Waals surface area contributed by atoms with E-state index in [1.165, 1.54) is 36.0 Å². The third-order valence-corrected chi connectivity index (χ3v) is 19.7. The Labute approximate surface area is 120 Å². The fourth-order valence-corrected chi connectivity index (χ4v) is 20.7. The third-order valence-electron chi connectivity index (χ3n) is 5.59. The summed E-state index contributed by atoms with van der Waals surface area (Å²) < 4.78 is 4.80. The lowest BCUT2D eigenvalue weighted by atomic mass is 10.6. The van der Waals surface area contributed by atoms with E-state index in [1.54, 1.807) is 5.67 Å². The molecule has 0 radical (unpaired) electrons. The number of aromatic nitrogens is 2. The van der Waals surface area contributed by atoms with Crippen LogP contribution >= 0.6 is 0 Å². The van der Waals surface area contributed by atoms with Crippen molar-refractivity contribution in [2.45, 2.75) is 57.5 Å². The van der Waals surface area contributed by atoms with Gasteiger partial charge in [0.05, 0.1) is 20.0 Å². The standard InChI is InChI=1S/C14H29N3Si2/c1-6-18(7-2)12-17(14-10-15-16(5)11-14)19(8-3,9-4)13-18/h10-11H,6-9,12-13H2,1-5H3. The van der Waals surface area contributed by atoms with Crippen LogP contribution in [0.2, 0.25) is 29.8 Å². The van der Waals surface area contributed by atoms with E-state index >= 15 is 0 Å². The highest BCUT2D eigenvalue weighted by atomic mass is 28.4. The molecule has 1 fully saturated rings. The van der Waals surface area contributed by atoms with Gasteiger partial charge in [-0.05, 0) is 17.8 Å². The van der Waals surface area contributed by atoms with Gasteiger partial charge >= 0.3 is 0 Å². The van der Waals surface area contributed by atoms with Crippen molar-refractivity contribution in [2.24, 2.45) is 7.05 Å². The third kappa shape index (κ3) is 2.42. The Morgan fingerprint density at radius 3 is 2.16 bits per heavy atom. The number of hydrogen-bond acceptors (Lipinski definition) is 2. The van der Waals surface area contributed by atoms with Gasteiger partial charge in [0, 0.05) is 19.4 Å². The van der Waals surface area contributed by atoms with E-state index in [2.05, 4.69) is 49.8 Å². The molecular formula is C14H29N3Si2. The van der Waals surface area contributed by atoms with E-state index in [0.717, 1.165) is 0 Å². The summed E-state index contributed by atoms with van der Waals surface area (Å²) in [6, 6.07) is 5.70. The van der Waals surface area contributed by atoms with Gasteiger partial charge in [-0.25, -0.2) is 0 Å². The zero-order valence-corrected chi connectivity index (χ0v) is 15.2. The molecule has 0 spiro atoms. The molecule has 1 aromatic rings. The van der Waals surface area contributed by atoms with Crippen molar-refractivity contribution in [3.8, 4) is 0 Å². The summed E-state index contributed by atoms with van der Waals surface area (Å²) >= 11 is 0. The average molecular weight is 296 g/mol. The second-order valence-corrected chi connectivity index (χ2v) is 16.8. The molecule has 2 rings (SSSR count). The number of hydrogen-bond donors (Lipinski definition) is 0. The van der Waals surface area contributed by atoms with Crippen LogP contribution in [0.15, 0.2) is 12.4 Å². The molecule has 108 valence electrons. The van der Waals surface area contributed by atoms with Gasteiger partial charge in [-0.2, -0.15) is 5.10 Å². The Kier molecular flexibility index (Phi) is 4.25. The Bertz CT molecular complexity index is 422. The molecule has 2 heterocycles. The summed E-state index contributed by atoms with van der Waals surface area (Å²) in [5.41, 5.74) is 3.00. The summed E-state index contributed by atoms with van der Waals surface area (Å²) in [7, 11) is -0.284. The topological polar surface area (TPSA) is 21.1 Å². The summed E-state index contributed by atoms with van der Waals surface area (Å²) in [5, 5.41) is 4.41. The largest absolute Gasteiger partial charge is 0.397 e. The minimum atomic E-state index is -1.27. The number of anilines is 1. The zero-order chi connectivity index (χ0) is 14.1. The number of aryl methyl sites for hydroxylation is 1. The predicted molar refractivity (Wildman–Crippen MR) is 88.8 cm³/mol. The molecule has 1 saturated heterocycles. The molecule has 3 nitrogen and oxygen atoms in total. The van der Waals surface area contributed by atoms with Gasteiger partial charge in [0.25, 0.3) is 0 Å². The molecule has 0 bridgehead atoms. The van der Waals surface area contributed by atoms with Crippen molar-refractivity contribution in [2.75, 3.05) is 10.7 Å². The van der Waals surface area contributed by atoms with Crippen LogP contribution in [-0.4, -0.2) is 32.3 Å². The Morgan fingerprint density at radius 1 is 1.11 bits per heavy atom. The Morgan fingerprint density at radius 2 is 1.74 bits per heavy atom. The van der Waals surface area contributed by atoms with E-state index < -0.39 is 16.3 Å². The second kappa shape index (κ2) is 5.44. The molecule has 19 heavy (non-hydrogen) atoms. The van der Waals surface area contributed by atoms with Crippen LogP contribution in [0.3, 0.4) is 0 Å². The molecule has 5 heteroatoms. The van der Waals surface area contributed by atoms with Crippen LogP contribution in [0.5, 0.6) is 0 Å². The maximum atomic E-state index is 4.41. The monoisotopic (exact) mass is 295 g/mol. The number of nitrogens with zero attached hydrogens (tertiary/aromatic N) is 3. The first-order valence-corrected chi connectivity index (χ1v) is 13.2. The molecule has 0 aliphatic carbocycles. The summed E-state index contributed by atoms with van der Waals surface area (Å²) in [5.74, 6) is 0. The first-order chi connectivity index (χ1) is 9.04. The highest BCUT2D eigenvalue weighted by Crippen LogP contribution is 2.43. The maximum Gasteiger partial charge on any atom is 0.153 e. The van der Waals surface area contributed by atoms with Gasteiger partial charge in [-0.15, -0.1) is 0 Å². The van der Waals surface area contributed by atoms with Gasteiger partial charge in [-0.3, -0.25) is 4.68 Å². The smallest absolute Gasteiger partial charge is 0.153 e. The maximum absolute atomic E-state index is 4.41. The first kappa shape index (κ1) is 14.8. The molecule has 1 aliphatic rings. The normalized spacial score (nSPS) is 21.0. The number of rotatable bonds is 5. The lowest BCUT2D eigenvalue weighted by Gasteiger charge is -2.36. The van der Waals surface area contributed by atoms with Crippen molar-refractivity contribution in [1.29, 1.82) is 0 Å². The highest BCUT2D eigenvalue weighted by molar-refractivity contribution is 7.03. The quantitative estimate of drug-likeness (QED) is 0.771. The zero-order valence-electron chi connectivity index (χ0n) is 13.2. The van der Waals surface area contributed by atoms with Crippen LogP contribution in [0.25, 0.3) is 0 Å². The van der Waals surface area contributed by atoms with Crippen molar-refractivity contribution >= 4 is 22.0 Å². The average Bonchev–Trinajstić information content (AvgIpc) is 3.01. The molecule has 0 saturated carbocycles. The molecule has 0 atom stereocenters. The molecular weight excluding hydrogens is 266 g/mol. The van der Waals surface area contributed by atoms with Crippen LogP contribution in [0.4, 0.5) is 5.69 Å². The lowest BCUT2D eigenvalue weighted by Crippen LogP contribution is -2.47. The molecule has 0 aromatic carbocycles. The van der Waals surface area contributed by atoms with E-state index in [1.807, 2.05) is 11.7 Å². The van der Waals surface area contributed by atoms with Crippen molar-refractivity contribution < 1.29 is 0 Å². The fourth-order valence-electron chi connectivity index (χ4n) is 3.87. The highest BCUT2D eigenvalue weighted by Gasteiger charge is 2.52. The van der Waals surface area contributed by atoms with Gasteiger partial charge in [0.2, 0.25) is 0 Å². The molecule has 1 aliphatic heterocycles. The van der Waals surface area contributed by atoms with Gasteiger partial charge in [0.15, 0.2) is 8.24 Å². The van der Waals surface area contributed by atoms with Gasteiger partial charge in [-0.1, -0.05) is 39.8 Å².